The van der Waals surface area contributed by atoms with E-state index in [0.29, 0.717) is 27.0 Å². The summed E-state index contributed by atoms with van der Waals surface area (Å²) in [5.74, 6) is -1.15. The fourth-order valence-corrected chi connectivity index (χ4v) is 4.25. The van der Waals surface area contributed by atoms with Gasteiger partial charge in [0.2, 0.25) is 0 Å². The highest BCUT2D eigenvalue weighted by atomic mass is 35.5. The molecule has 0 radical (unpaired) electrons. The number of hydrogen-bond donors (Lipinski definition) is 2. The van der Waals surface area contributed by atoms with Crippen LogP contribution in [0, 0.1) is 0 Å². The number of carboxylic acid groups (broad SMARTS) is 1. The number of aliphatic carboxylic acids is 1. The van der Waals surface area contributed by atoms with E-state index >= 15 is 0 Å². The predicted molar refractivity (Wildman–Crippen MR) is 106 cm³/mol. The number of fused-ring (bicyclic) bond motifs is 1. The molecule has 3 rings (SSSR count). The van der Waals surface area contributed by atoms with Gasteiger partial charge in [0.05, 0.1) is 10.7 Å². The molecular weight excluding hydrogens is 419 g/mol. The number of carboxylic acids is 1. The first-order chi connectivity index (χ1) is 12.4. The Morgan fingerprint density at radius 2 is 1.85 bits per heavy atom. The van der Waals surface area contributed by atoms with E-state index in [4.69, 9.17) is 34.8 Å². The Morgan fingerprint density at radius 3 is 2.54 bits per heavy atom. The minimum Gasteiger partial charge on any atom is -0.477 e. The molecule has 0 saturated heterocycles. The molecule has 1 aliphatic heterocycles. The van der Waals surface area contributed by atoms with Gasteiger partial charge >= 0.3 is 5.97 Å². The van der Waals surface area contributed by atoms with Gasteiger partial charge in [-0.2, -0.15) is 5.10 Å². The first-order valence-electron chi connectivity index (χ1n) is 7.33. The molecule has 5 nitrogen and oxygen atoms in total. The van der Waals surface area contributed by atoms with Crippen molar-refractivity contribution >= 4 is 69.7 Å². The Bertz CT molecular complexity index is 933. The number of carbonyl (C=O) groups excluding carboxylic acids is 1. The molecule has 0 saturated carbocycles. The van der Waals surface area contributed by atoms with Crippen molar-refractivity contribution in [2.75, 3.05) is 5.43 Å². The van der Waals surface area contributed by atoms with Gasteiger partial charge in [0.25, 0.3) is 0 Å². The van der Waals surface area contributed by atoms with Crippen LogP contribution >= 0.6 is 46.6 Å². The average Bonchev–Trinajstić information content (AvgIpc) is 2.58. The van der Waals surface area contributed by atoms with Crippen LogP contribution in [0.1, 0.15) is 15.9 Å². The number of rotatable bonds is 4. The van der Waals surface area contributed by atoms with Crippen molar-refractivity contribution < 1.29 is 14.7 Å². The van der Waals surface area contributed by atoms with Gasteiger partial charge < -0.3 is 5.11 Å². The molecule has 1 atom stereocenters. The minimum absolute atomic E-state index is 0.286. The maximum absolute atomic E-state index is 12.7. The number of hydrogen-bond acceptors (Lipinski definition) is 5. The first-order valence-corrected chi connectivity index (χ1v) is 9.51. The van der Waals surface area contributed by atoms with Crippen molar-refractivity contribution in [1.82, 2.24) is 0 Å². The summed E-state index contributed by atoms with van der Waals surface area (Å²) < 4.78 is 0. The van der Waals surface area contributed by atoms with Crippen molar-refractivity contribution in [3.05, 3.63) is 62.6 Å². The second-order valence-electron chi connectivity index (χ2n) is 5.39. The number of Topliss-reactive ketones (excluding diaryl/α,β-unsaturated/α-hetero) is 1. The van der Waals surface area contributed by atoms with Crippen LogP contribution in [0.15, 0.2) is 41.5 Å². The predicted octanol–water partition coefficient (Wildman–Crippen LogP) is 5.00. The summed E-state index contributed by atoms with van der Waals surface area (Å²) in [6, 6.07) is 9.58. The van der Waals surface area contributed by atoms with Gasteiger partial charge in [0, 0.05) is 21.4 Å². The summed E-state index contributed by atoms with van der Waals surface area (Å²) in [6.07, 6.45) is 0. The number of benzene rings is 2. The van der Waals surface area contributed by atoms with E-state index in [9.17, 15) is 14.7 Å². The summed E-state index contributed by atoms with van der Waals surface area (Å²) in [6.45, 7) is 0. The molecule has 0 spiro atoms. The third-order valence-corrected chi connectivity index (χ3v) is 5.70. The normalized spacial score (nSPS) is 17.0. The van der Waals surface area contributed by atoms with Gasteiger partial charge in [-0.3, -0.25) is 10.2 Å². The third kappa shape index (κ3) is 3.99. The molecule has 1 aliphatic rings. The van der Waals surface area contributed by atoms with Crippen molar-refractivity contribution in [2.24, 2.45) is 5.10 Å². The fraction of sp³-hybridized carbons (Fsp3) is 0.118. The van der Waals surface area contributed by atoms with E-state index in [-0.39, 0.29) is 16.5 Å². The molecule has 134 valence electrons. The van der Waals surface area contributed by atoms with Crippen LogP contribution in [0.2, 0.25) is 15.1 Å². The Labute approximate surface area is 168 Å². The first kappa shape index (κ1) is 19.0. The SMILES string of the molecule is O=C(O)/C(=N\Nc1ccc(Cl)cc1Cl)C1SCc2cc(Cl)ccc2C1=O. The molecule has 0 fully saturated rings. The molecule has 2 aromatic carbocycles. The highest BCUT2D eigenvalue weighted by molar-refractivity contribution is 8.00. The smallest absolute Gasteiger partial charge is 0.353 e. The van der Waals surface area contributed by atoms with Gasteiger partial charge in [-0.05, 0) is 42.0 Å². The maximum atomic E-state index is 12.7. The topological polar surface area (TPSA) is 78.8 Å². The monoisotopic (exact) mass is 428 g/mol. The van der Waals surface area contributed by atoms with Crippen LogP contribution in [0.4, 0.5) is 5.69 Å². The lowest BCUT2D eigenvalue weighted by molar-refractivity contribution is -0.129. The molecule has 2 aromatic rings. The van der Waals surface area contributed by atoms with E-state index in [1.807, 2.05) is 0 Å². The van der Waals surface area contributed by atoms with Gasteiger partial charge in [-0.15, -0.1) is 11.8 Å². The standard InChI is InChI=1S/C17H11Cl3N2O3S/c18-9-1-3-11-8(5-9)7-26-16(15(11)23)14(17(24)25)22-21-13-4-2-10(19)6-12(13)20/h1-6,16,21H,7H2,(H,24,25)/b22-14-. The number of carbonyl (C=O) groups is 2. The van der Waals surface area contributed by atoms with E-state index in [0.717, 1.165) is 5.56 Å². The van der Waals surface area contributed by atoms with Gasteiger partial charge in [-0.25, -0.2) is 4.79 Å². The highest BCUT2D eigenvalue weighted by Gasteiger charge is 2.35. The average molecular weight is 430 g/mol. The lowest BCUT2D eigenvalue weighted by Gasteiger charge is -2.22. The number of thioether (sulfide) groups is 1. The van der Waals surface area contributed by atoms with Crippen molar-refractivity contribution in [1.29, 1.82) is 0 Å². The minimum atomic E-state index is -1.29. The Morgan fingerprint density at radius 1 is 1.15 bits per heavy atom. The van der Waals surface area contributed by atoms with E-state index < -0.39 is 11.2 Å². The molecule has 2 N–H and O–H groups in total. The largest absolute Gasteiger partial charge is 0.477 e. The number of anilines is 1. The van der Waals surface area contributed by atoms with Crippen LogP contribution < -0.4 is 5.43 Å². The molecule has 9 heteroatoms. The molecule has 26 heavy (non-hydrogen) atoms. The summed E-state index contributed by atoms with van der Waals surface area (Å²) in [7, 11) is 0. The van der Waals surface area contributed by atoms with Crippen molar-refractivity contribution in [3.63, 3.8) is 0 Å². The van der Waals surface area contributed by atoms with Gasteiger partial charge in [-0.1, -0.05) is 34.8 Å². The zero-order chi connectivity index (χ0) is 18.8. The van der Waals surface area contributed by atoms with Crippen LogP contribution in [0.5, 0.6) is 0 Å². The second-order valence-corrected chi connectivity index (χ2v) is 7.77. The van der Waals surface area contributed by atoms with E-state index in [1.54, 1.807) is 30.3 Å². The van der Waals surface area contributed by atoms with Crippen LogP contribution in [0.25, 0.3) is 0 Å². The second kappa shape index (κ2) is 7.88. The molecule has 1 heterocycles. The third-order valence-electron chi connectivity index (χ3n) is 3.67. The van der Waals surface area contributed by atoms with Crippen molar-refractivity contribution in [3.8, 4) is 0 Å². The molecule has 0 bridgehead atoms. The van der Waals surface area contributed by atoms with E-state index in [2.05, 4.69) is 10.5 Å². The highest BCUT2D eigenvalue weighted by Crippen LogP contribution is 2.33. The number of nitrogens with one attached hydrogen (secondary N) is 1. The number of ketones is 1. The Hall–Kier alpha value is -1.73. The van der Waals surface area contributed by atoms with Crippen LogP contribution in [-0.2, 0) is 10.5 Å². The maximum Gasteiger partial charge on any atom is 0.353 e. The van der Waals surface area contributed by atoms with Gasteiger partial charge in [0.15, 0.2) is 11.5 Å². The molecular formula is C17H11Cl3N2O3S. The summed E-state index contributed by atoms with van der Waals surface area (Å²) in [5.41, 5.74) is 3.92. The lowest BCUT2D eigenvalue weighted by Crippen LogP contribution is -2.36. The van der Waals surface area contributed by atoms with E-state index in [1.165, 1.54) is 17.8 Å². The summed E-state index contributed by atoms with van der Waals surface area (Å²) >= 11 is 19.0. The molecule has 0 amide bonds. The summed E-state index contributed by atoms with van der Waals surface area (Å²) in [5, 5.41) is 13.8. The number of nitrogens with zero attached hydrogens (tertiary/aromatic N) is 1. The van der Waals surface area contributed by atoms with Crippen LogP contribution in [0.3, 0.4) is 0 Å². The number of hydrazone groups is 1. The Kier molecular flexibility index (Phi) is 5.77. The number of halogens is 3. The zero-order valence-corrected chi connectivity index (χ0v) is 16.1. The van der Waals surface area contributed by atoms with Crippen molar-refractivity contribution in [2.45, 2.75) is 11.0 Å². The molecule has 1 unspecified atom stereocenters. The van der Waals surface area contributed by atoms with Gasteiger partial charge in [0.1, 0.15) is 5.25 Å². The quantitative estimate of drug-likeness (QED) is 0.528. The Balaban J connectivity index is 1.89. The lowest BCUT2D eigenvalue weighted by atomic mass is 9.99. The molecule has 0 aromatic heterocycles. The van der Waals surface area contributed by atoms with Crippen LogP contribution in [-0.4, -0.2) is 27.8 Å². The molecule has 0 aliphatic carbocycles. The zero-order valence-electron chi connectivity index (χ0n) is 13.0. The fourth-order valence-electron chi connectivity index (χ4n) is 2.43. The summed E-state index contributed by atoms with van der Waals surface area (Å²) in [4.78, 5) is 24.4.